The second-order valence-electron chi connectivity index (χ2n) is 4.72. The number of hydrogen-bond acceptors (Lipinski definition) is 4. The van der Waals surface area contributed by atoms with Crippen LogP contribution in [0, 0.1) is 0 Å². The zero-order valence-electron chi connectivity index (χ0n) is 12.6. The minimum Gasteiger partial charge on any atom is -0.465 e. The Morgan fingerprint density at radius 3 is 3.00 bits per heavy atom. The number of carbonyl (C=O) groups excluding carboxylic acids is 1. The number of methoxy groups -OCH3 is 1. The van der Waals surface area contributed by atoms with Crippen LogP contribution in [0.15, 0.2) is 36.9 Å². The average Bonchev–Trinajstić information content (AvgIpc) is 3.06. The van der Waals surface area contributed by atoms with Crippen molar-refractivity contribution in [3.63, 3.8) is 0 Å². The number of hydrogen-bond donors (Lipinski definition) is 2. The number of imidazole rings is 1. The van der Waals surface area contributed by atoms with Crippen molar-refractivity contribution in [2.75, 3.05) is 19.0 Å². The van der Waals surface area contributed by atoms with Crippen LogP contribution in [-0.4, -0.2) is 34.3 Å². The maximum Gasteiger partial charge on any atom is 0.339 e. The second-order valence-corrected chi connectivity index (χ2v) is 5.54. The van der Waals surface area contributed by atoms with Crippen LogP contribution >= 0.6 is 23.8 Å². The number of carbonyl (C=O) groups is 1. The zero-order valence-corrected chi connectivity index (χ0v) is 14.2. The number of rotatable bonds is 6. The summed E-state index contributed by atoms with van der Waals surface area (Å²) in [6.07, 6.45) is 6.35. The number of benzene rings is 1. The predicted molar refractivity (Wildman–Crippen MR) is 93.9 cm³/mol. The molecule has 2 aromatic rings. The lowest BCUT2D eigenvalue weighted by Gasteiger charge is -2.12. The van der Waals surface area contributed by atoms with E-state index in [1.807, 2.05) is 10.8 Å². The normalized spacial score (nSPS) is 10.2. The Kier molecular flexibility index (Phi) is 6.37. The van der Waals surface area contributed by atoms with Gasteiger partial charge in [-0.2, -0.15) is 0 Å². The zero-order chi connectivity index (χ0) is 16.7. The van der Waals surface area contributed by atoms with Gasteiger partial charge in [0.2, 0.25) is 0 Å². The highest BCUT2D eigenvalue weighted by molar-refractivity contribution is 7.80. The largest absolute Gasteiger partial charge is 0.465 e. The molecule has 6 nitrogen and oxygen atoms in total. The van der Waals surface area contributed by atoms with Crippen molar-refractivity contribution in [1.29, 1.82) is 0 Å². The number of nitrogens with zero attached hydrogens (tertiary/aromatic N) is 2. The first-order chi connectivity index (χ1) is 11.1. The maximum absolute atomic E-state index is 11.6. The fourth-order valence-corrected chi connectivity index (χ4v) is 2.34. The first kappa shape index (κ1) is 17.2. The third kappa shape index (κ3) is 5.22. The number of aryl methyl sites for hydroxylation is 1. The van der Waals surface area contributed by atoms with Crippen LogP contribution in [0.4, 0.5) is 5.69 Å². The first-order valence-electron chi connectivity index (χ1n) is 6.98. The van der Waals surface area contributed by atoms with Gasteiger partial charge in [0.1, 0.15) is 0 Å². The topological polar surface area (TPSA) is 68.2 Å². The van der Waals surface area contributed by atoms with Gasteiger partial charge in [-0.25, -0.2) is 9.78 Å². The Morgan fingerprint density at radius 2 is 2.30 bits per heavy atom. The molecule has 0 aliphatic carbocycles. The summed E-state index contributed by atoms with van der Waals surface area (Å²) >= 11 is 11.2. The van der Waals surface area contributed by atoms with Gasteiger partial charge in [0.05, 0.1) is 24.0 Å². The molecule has 0 spiro atoms. The quantitative estimate of drug-likeness (QED) is 0.473. The van der Waals surface area contributed by atoms with Gasteiger partial charge in [-0.3, -0.25) is 0 Å². The van der Waals surface area contributed by atoms with Crippen LogP contribution in [0.25, 0.3) is 0 Å². The minimum absolute atomic E-state index is 0.294. The Morgan fingerprint density at radius 1 is 1.48 bits per heavy atom. The molecule has 0 amide bonds. The Labute approximate surface area is 144 Å². The van der Waals surface area contributed by atoms with E-state index < -0.39 is 5.97 Å². The highest BCUT2D eigenvalue weighted by Gasteiger charge is 2.11. The molecular weight excluding hydrogens is 336 g/mol. The molecule has 0 unspecified atom stereocenters. The van der Waals surface area contributed by atoms with Crippen molar-refractivity contribution >= 4 is 40.6 Å². The van der Waals surface area contributed by atoms with Gasteiger partial charge in [-0.1, -0.05) is 11.6 Å². The standard InChI is InChI=1S/C15H17ClN4O2S/c1-22-14(21)12-9-11(3-4-13(12)16)19-15(23)18-5-2-7-20-8-6-17-10-20/h3-4,6,8-10H,2,5,7H2,1H3,(H2,18,19,23). The molecule has 0 fully saturated rings. The number of aromatic nitrogens is 2. The molecule has 1 heterocycles. The summed E-state index contributed by atoms with van der Waals surface area (Å²) in [5, 5.41) is 6.94. The molecule has 0 saturated heterocycles. The van der Waals surface area contributed by atoms with E-state index in [0.717, 1.165) is 19.5 Å². The molecule has 8 heteroatoms. The monoisotopic (exact) mass is 352 g/mol. The van der Waals surface area contributed by atoms with Crippen LogP contribution < -0.4 is 10.6 Å². The Balaban J connectivity index is 1.81. The smallest absolute Gasteiger partial charge is 0.339 e. The number of thiocarbonyl (C=S) groups is 1. The number of halogens is 1. The number of ether oxygens (including phenoxy) is 1. The van der Waals surface area contributed by atoms with Gasteiger partial charge in [0.25, 0.3) is 0 Å². The van der Waals surface area contributed by atoms with Crippen molar-refractivity contribution < 1.29 is 9.53 Å². The SMILES string of the molecule is COC(=O)c1cc(NC(=S)NCCCn2ccnc2)ccc1Cl. The summed E-state index contributed by atoms with van der Waals surface area (Å²) in [7, 11) is 1.31. The van der Waals surface area contributed by atoms with E-state index in [2.05, 4.69) is 20.4 Å². The summed E-state index contributed by atoms with van der Waals surface area (Å²) < 4.78 is 6.68. The van der Waals surface area contributed by atoms with Gasteiger partial charge in [0, 0.05) is 31.2 Å². The fraction of sp³-hybridized carbons (Fsp3) is 0.267. The van der Waals surface area contributed by atoms with Crippen LogP contribution in [0.3, 0.4) is 0 Å². The van der Waals surface area contributed by atoms with E-state index >= 15 is 0 Å². The van der Waals surface area contributed by atoms with Crippen LogP contribution in [0.5, 0.6) is 0 Å². The van der Waals surface area contributed by atoms with Crippen molar-refractivity contribution in [2.24, 2.45) is 0 Å². The summed E-state index contributed by atoms with van der Waals surface area (Å²) in [6.45, 7) is 1.59. The second kappa shape index (κ2) is 8.50. The Hall–Kier alpha value is -2.12. The summed E-state index contributed by atoms with van der Waals surface area (Å²) in [6, 6.07) is 4.97. The molecular formula is C15H17ClN4O2S. The molecule has 1 aromatic heterocycles. The van der Waals surface area contributed by atoms with Gasteiger partial charge in [-0.15, -0.1) is 0 Å². The molecule has 2 rings (SSSR count). The lowest BCUT2D eigenvalue weighted by Crippen LogP contribution is -2.29. The van der Waals surface area contributed by atoms with Gasteiger partial charge in [0.15, 0.2) is 5.11 Å². The predicted octanol–water partition coefficient (Wildman–Crippen LogP) is 2.70. The minimum atomic E-state index is -0.488. The van der Waals surface area contributed by atoms with Crippen molar-refractivity contribution in [3.8, 4) is 0 Å². The lowest BCUT2D eigenvalue weighted by atomic mass is 10.2. The lowest BCUT2D eigenvalue weighted by molar-refractivity contribution is 0.0601. The third-order valence-electron chi connectivity index (χ3n) is 3.07. The summed E-state index contributed by atoms with van der Waals surface area (Å²) in [4.78, 5) is 15.6. The molecule has 0 radical (unpaired) electrons. The average molecular weight is 353 g/mol. The highest BCUT2D eigenvalue weighted by atomic mass is 35.5. The molecule has 23 heavy (non-hydrogen) atoms. The molecule has 0 atom stereocenters. The van der Waals surface area contributed by atoms with E-state index in [4.69, 9.17) is 23.8 Å². The van der Waals surface area contributed by atoms with Crippen molar-refractivity contribution in [3.05, 3.63) is 47.5 Å². The third-order valence-corrected chi connectivity index (χ3v) is 3.64. The highest BCUT2D eigenvalue weighted by Crippen LogP contribution is 2.21. The van der Waals surface area contributed by atoms with Gasteiger partial charge in [-0.05, 0) is 36.8 Å². The molecule has 2 N–H and O–H groups in total. The van der Waals surface area contributed by atoms with E-state index in [9.17, 15) is 4.79 Å². The number of nitrogens with one attached hydrogen (secondary N) is 2. The van der Waals surface area contributed by atoms with Crippen molar-refractivity contribution in [2.45, 2.75) is 13.0 Å². The van der Waals surface area contributed by atoms with Gasteiger partial charge >= 0.3 is 5.97 Å². The molecule has 0 bridgehead atoms. The van der Waals surface area contributed by atoms with Crippen LogP contribution in [-0.2, 0) is 11.3 Å². The molecule has 122 valence electrons. The summed E-state index contributed by atoms with van der Waals surface area (Å²) in [5.41, 5.74) is 0.962. The van der Waals surface area contributed by atoms with E-state index in [-0.39, 0.29) is 0 Å². The molecule has 0 aliphatic rings. The first-order valence-corrected chi connectivity index (χ1v) is 7.77. The maximum atomic E-state index is 11.6. The van der Waals surface area contributed by atoms with E-state index in [0.29, 0.717) is 21.4 Å². The molecule has 0 aliphatic heterocycles. The van der Waals surface area contributed by atoms with Gasteiger partial charge < -0.3 is 19.9 Å². The van der Waals surface area contributed by atoms with Crippen molar-refractivity contribution in [1.82, 2.24) is 14.9 Å². The van der Waals surface area contributed by atoms with Crippen LogP contribution in [0.1, 0.15) is 16.8 Å². The number of esters is 1. The molecule has 0 saturated carbocycles. The van der Waals surface area contributed by atoms with Crippen LogP contribution in [0.2, 0.25) is 5.02 Å². The van der Waals surface area contributed by atoms with E-state index in [1.165, 1.54) is 7.11 Å². The fourth-order valence-electron chi connectivity index (χ4n) is 1.93. The Bertz CT molecular complexity index is 676. The van der Waals surface area contributed by atoms with E-state index in [1.54, 1.807) is 30.7 Å². The molecule has 1 aromatic carbocycles. The summed E-state index contributed by atoms with van der Waals surface area (Å²) in [5.74, 6) is -0.488. The number of anilines is 1.